The summed E-state index contributed by atoms with van der Waals surface area (Å²) in [6.07, 6.45) is 5.42. The summed E-state index contributed by atoms with van der Waals surface area (Å²) < 4.78 is 0. The van der Waals surface area contributed by atoms with E-state index in [4.69, 9.17) is 0 Å². The first-order chi connectivity index (χ1) is 9.15. The zero-order chi connectivity index (χ0) is 13.8. The minimum atomic E-state index is -0.385. The summed E-state index contributed by atoms with van der Waals surface area (Å²) in [6.45, 7) is 0. The Kier molecular flexibility index (Phi) is 4.88. The topological polar surface area (TPSA) is 40.5 Å². The van der Waals surface area contributed by atoms with Crippen LogP contribution in [0.1, 0.15) is 36.0 Å². The fourth-order valence-electron chi connectivity index (χ4n) is 2.71. The van der Waals surface area contributed by atoms with Crippen LogP contribution in [0.2, 0.25) is 0 Å². The maximum atomic E-state index is 12.6. The van der Waals surface area contributed by atoms with Gasteiger partial charge in [0, 0.05) is 11.9 Å². The highest BCUT2D eigenvalue weighted by Crippen LogP contribution is 2.26. The van der Waals surface area contributed by atoms with Gasteiger partial charge in [-0.25, -0.2) is 0 Å². The Labute approximate surface area is 119 Å². The lowest BCUT2D eigenvalue weighted by Crippen LogP contribution is -2.46. The van der Waals surface area contributed by atoms with Crippen LogP contribution in [0.4, 0.5) is 0 Å². The van der Waals surface area contributed by atoms with Gasteiger partial charge in [0.1, 0.15) is 0 Å². The van der Waals surface area contributed by atoms with Crippen LogP contribution in [0.5, 0.6) is 0 Å². The molecule has 1 aliphatic carbocycles. The molecule has 0 bridgehead atoms. The van der Waals surface area contributed by atoms with Crippen LogP contribution in [0.15, 0.2) is 29.2 Å². The van der Waals surface area contributed by atoms with Crippen molar-refractivity contribution in [3.8, 4) is 0 Å². The molecule has 1 N–H and O–H groups in total. The SMILES string of the molecule is CSc1ccccc1C(=O)N(C)[C@@H]1CCCC[C@@H]1O. The molecule has 0 unspecified atom stereocenters. The molecule has 1 aromatic carbocycles. The molecule has 0 saturated heterocycles. The molecule has 0 heterocycles. The van der Waals surface area contributed by atoms with Crippen LogP contribution < -0.4 is 0 Å². The summed E-state index contributed by atoms with van der Waals surface area (Å²) in [5.41, 5.74) is 0.732. The van der Waals surface area contributed by atoms with Crippen molar-refractivity contribution in [1.29, 1.82) is 0 Å². The Morgan fingerprint density at radius 1 is 1.32 bits per heavy atom. The molecule has 0 spiro atoms. The Bertz CT molecular complexity index is 450. The van der Waals surface area contributed by atoms with Gasteiger partial charge in [-0.15, -0.1) is 11.8 Å². The zero-order valence-electron chi connectivity index (χ0n) is 11.5. The number of carbonyl (C=O) groups is 1. The molecule has 1 fully saturated rings. The van der Waals surface area contributed by atoms with E-state index in [1.807, 2.05) is 30.5 Å². The fraction of sp³-hybridized carbons (Fsp3) is 0.533. The third-order valence-electron chi connectivity index (χ3n) is 3.85. The average Bonchev–Trinajstić information content (AvgIpc) is 2.46. The van der Waals surface area contributed by atoms with Crippen LogP contribution in [0, 0.1) is 0 Å². The van der Waals surface area contributed by atoms with Crippen molar-refractivity contribution in [3.63, 3.8) is 0 Å². The summed E-state index contributed by atoms with van der Waals surface area (Å²) >= 11 is 1.58. The molecule has 1 saturated carbocycles. The molecule has 1 aliphatic rings. The highest BCUT2D eigenvalue weighted by atomic mass is 32.2. The van der Waals surface area contributed by atoms with Crippen molar-refractivity contribution in [2.45, 2.75) is 42.7 Å². The lowest BCUT2D eigenvalue weighted by atomic mass is 9.91. The first kappa shape index (κ1) is 14.4. The largest absolute Gasteiger partial charge is 0.391 e. The highest BCUT2D eigenvalue weighted by molar-refractivity contribution is 7.98. The van der Waals surface area contributed by atoms with Crippen molar-refractivity contribution in [3.05, 3.63) is 29.8 Å². The molecule has 3 nitrogen and oxygen atoms in total. The van der Waals surface area contributed by atoms with Gasteiger partial charge in [-0.05, 0) is 31.2 Å². The molecule has 19 heavy (non-hydrogen) atoms. The van der Waals surface area contributed by atoms with Gasteiger partial charge in [0.15, 0.2) is 0 Å². The highest BCUT2D eigenvalue weighted by Gasteiger charge is 2.30. The summed E-state index contributed by atoms with van der Waals surface area (Å²) in [5, 5.41) is 10.1. The van der Waals surface area contributed by atoms with Crippen LogP contribution >= 0.6 is 11.8 Å². The average molecular weight is 279 g/mol. The number of aliphatic hydroxyl groups excluding tert-OH is 1. The van der Waals surface area contributed by atoms with E-state index in [-0.39, 0.29) is 18.1 Å². The van der Waals surface area contributed by atoms with Crippen molar-refractivity contribution >= 4 is 17.7 Å². The third-order valence-corrected chi connectivity index (χ3v) is 4.64. The second-order valence-electron chi connectivity index (χ2n) is 5.04. The Morgan fingerprint density at radius 3 is 2.68 bits per heavy atom. The van der Waals surface area contributed by atoms with Crippen LogP contribution in [0.3, 0.4) is 0 Å². The number of rotatable bonds is 3. The van der Waals surface area contributed by atoms with Gasteiger partial charge in [-0.1, -0.05) is 25.0 Å². The smallest absolute Gasteiger partial charge is 0.255 e. The molecule has 104 valence electrons. The quantitative estimate of drug-likeness (QED) is 0.865. The normalized spacial score (nSPS) is 23.1. The third kappa shape index (κ3) is 3.12. The summed E-state index contributed by atoms with van der Waals surface area (Å²) in [4.78, 5) is 15.3. The molecule has 1 amide bonds. The second kappa shape index (κ2) is 6.44. The van der Waals surface area contributed by atoms with Crippen LogP contribution in [-0.2, 0) is 0 Å². The van der Waals surface area contributed by atoms with E-state index in [9.17, 15) is 9.90 Å². The molecule has 1 aromatic rings. The maximum Gasteiger partial charge on any atom is 0.255 e. The fourth-order valence-corrected chi connectivity index (χ4v) is 3.30. The summed E-state index contributed by atoms with van der Waals surface area (Å²) in [6, 6.07) is 7.61. The van der Waals surface area contributed by atoms with Gasteiger partial charge in [0.25, 0.3) is 5.91 Å². The van der Waals surface area contributed by atoms with Crippen molar-refractivity contribution in [2.75, 3.05) is 13.3 Å². The van der Waals surface area contributed by atoms with Crippen LogP contribution in [0.25, 0.3) is 0 Å². The Balaban J connectivity index is 2.18. The van der Waals surface area contributed by atoms with E-state index >= 15 is 0 Å². The summed E-state index contributed by atoms with van der Waals surface area (Å²) in [7, 11) is 1.80. The van der Waals surface area contributed by atoms with E-state index < -0.39 is 0 Å². The minimum absolute atomic E-state index is 0.0101. The summed E-state index contributed by atoms with van der Waals surface area (Å²) in [5.74, 6) is 0.0101. The number of thioether (sulfide) groups is 1. The van der Waals surface area contributed by atoms with Crippen molar-refractivity contribution < 1.29 is 9.90 Å². The zero-order valence-corrected chi connectivity index (χ0v) is 12.3. The van der Waals surface area contributed by atoms with Gasteiger partial charge in [-0.3, -0.25) is 4.79 Å². The second-order valence-corrected chi connectivity index (χ2v) is 5.88. The van der Waals surface area contributed by atoms with Crippen molar-refractivity contribution in [1.82, 2.24) is 4.90 Å². The van der Waals surface area contributed by atoms with Crippen LogP contribution in [-0.4, -0.2) is 41.4 Å². The number of amides is 1. The number of benzene rings is 1. The van der Waals surface area contributed by atoms with Gasteiger partial charge in [-0.2, -0.15) is 0 Å². The molecular formula is C15H21NO2S. The van der Waals surface area contributed by atoms with E-state index in [1.54, 1.807) is 23.7 Å². The first-order valence-electron chi connectivity index (χ1n) is 6.73. The number of aliphatic hydroxyl groups is 1. The van der Waals surface area contributed by atoms with Gasteiger partial charge >= 0.3 is 0 Å². The number of likely N-dealkylation sites (N-methyl/N-ethyl adjacent to an activating group) is 1. The van der Waals surface area contributed by atoms with E-state index in [0.29, 0.717) is 0 Å². The van der Waals surface area contributed by atoms with Gasteiger partial charge < -0.3 is 10.0 Å². The number of hydrogen-bond acceptors (Lipinski definition) is 3. The van der Waals surface area contributed by atoms with E-state index in [2.05, 4.69) is 0 Å². The van der Waals surface area contributed by atoms with E-state index in [1.165, 1.54) is 0 Å². The molecule has 2 atom stereocenters. The Morgan fingerprint density at radius 2 is 2.00 bits per heavy atom. The maximum absolute atomic E-state index is 12.6. The number of carbonyl (C=O) groups excluding carboxylic acids is 1. The molecule has 4 heteroatoms. The lowest BCUT2D eigenvalue weighted by molar-refractivity contribution is 0.0266. The minimum Gasteiger partial charge on any atom is -0.391 e. The molecule has 0 aliphatic heterocycles. The number of nitrogens with zero attached hydrogens (tertiary/aromatic N) is 1. The molecular weight excluding hydrogens is 258 g/mol. The molecule has 0 radical (unpaired) electrons. The standard InChI is InChI=1S/C15H21NO2S/c1-16(12-8-4-5-9-13(12)17)15(18)11-7-3-6-10-14(11)19-2/h3,6-7,10,12-13,17H,4-5,8-9H2,1-2H3/t12-,13+/m1/s1. The monoisotopic (exact) mass is 279 g/mol. The first-order valence-corrected chi connectivity index (χ1v) is 7.96. The number of hydrogen-bond donors (Lipinski definition) is 1. The lowest BCUT2D eigenvalue weighted by Gasteiger charge is -2.35. The predicted molar refractivity (Wildman–Crippen MR) is 78.6 cm³/mol. The molecule has 2 rings (SSSR count). The molecule has 0 aromatic heterocycles. The van der Waals surface area contributed by atoms with Crippen molar-refractivity contribution in [2.24, 2.45) is 0 Å². The van der Waals surface area contributed by atoms with Gasteiger partial charge in [0.05, 0.1) is 17.7 Å². The van der Waals surface area contributed by atoms with Gasteiger partial charge in [0.2, 0.25) is 0 Å². The Hall–Kier alpha value is -1.00. The predicted octanol–water partition coefficient (Wildman–Crippen LogP) is 2.78. The van der Waals surface area contributed by atoms with E-state index in [0.717, 1.165) is 36.1 Å².